The number of nitrogens with one attached hydrogen (secondary N) is 1. The highest BCUT2D eigenvalue weighted by Gasteiger charge is 2.12. The lowest BCUT2D eigenvalue weighted by Gasteiger charge is -2.10. The number of carbonyl (C=O) groups is 1. The molecule has 3 aromatic rings. The molecule has 0 saturated heterocycles. The topological polar surface area (TPSA) is 64.1 Å². The second kappa shape index (κ2) is 7.31. The molecule has 1 aromatic heterocycles. The number of fused-ring (bicyclic) bond motifs is 1. The number of nitrogens with zero attached hydrogens (tertiary/aromatic N) is 2. The molecular formula is C18H17N3O2S. The Morgan fingerprint density at radius 2 is 2.00 bits per heavy atom. The van der Waals surface area contributed by atoms with E-state index in [0.29, 0.717) is 22.3 Å². The van der Waals surface area contributed by atoms with Gasteiger partial charge in [0, 0.05) is 10.9 Å². The number of aromatic nitrogens is 2. The van der Waals surface area contributed by atoms with Crippen molar-refractivity contribution in [1.29, 1.82) is 0 Å². The molecule has 1 N–H and O–H groups in total. The molecule has 0 radical (unpaired) electrons. The lowest BCUT2D eigenvalue weighted by Crippen LogP contribution is -2.14. The van der Waals surface area contributed by atoms with Gasteiger partial charge < -0.3 is 10.1 Å². The summed E-state index contributed by atoms with van der Waals surface area (Å²) in [7, 11) is 1.57. The summed E-state index contributed by atoms with van der Waals surface area (Å²) in [6.07, 6.45) is 0. The predicted octanol–water partition coefficient (Wildman–Crippen LogP) is 4.00. The molecule has 0 bridgehead atoms. The van der Waals surface area contributed by atoms with Crippen molar-refractivity contribution in [2.75, 3.05) is 18.2 Å². The minimum atomic E-state index is -0.231. The zero-order valence-electron chi connectivity index (χ0n) is 13.4. The van der Waals surface area contributed by atoms with Gasteiger partial charge >= 0.3 is 0 Å². The summed E-state index contributed by atoms with van der Waals surface area (Å²) in [4.78, 5) is 21.6. The Hall–Kier alpha value is -2.60. The van der Waals surface area contributed by atoms with Gasteiger partial charge in [-0.15, -0.1) is 0 Å². The van der Waals surface area contributed by atoms with Crippen molar-refractivity contribution in [2.45, 2.75) is 12.1 Å². The first-order chi connectivity index (χ1) is 11.7. The van der Waals surface area contributed by atoms with Crippen LogP contribution in [0.5, 0.6) is 5.75 Å². The molecule has 122 valence electrons. The van der Waals surface area contributed by atoms with Gasteiger partial charge in [0.15, 0.2) is 5.16 Å². The lowest BCUT2D eigenvalue weighted by molar-refractivity contribution is 0.102. The zero-order valence-corrected chi connectivity index (χ0v) is 14.3. The SMILES string of the molecule is CCSc1nc(NC(=O)c2cccc(OC)c2)c2ccccc2n1. The van der Waals surface area contributed by atoms with Crippen LogP contribution in [0.15, 0.2) is 53.7 Å². The predicted molar refractivity (Wildman–Crippen MR) is 96.9 cm³/mol. The molecule has 0 aliphatic heterocycles. The average molecular weight is 339 g/mol. The fraction of sp³-hybridized carbons (Fsp3) is 0.167. The number of benzene rings is 2. The maximum absolute atomic E-state index is 12.6. The molecule has 0 saturated carbocycles. The fourth-order valence-electron chi connectivity index (χ4n) is 2.29. The van der Waals surface area contributed by atoms with Crippen LogP contribution in [-0.2, 0) is 0 Å². The van der Waals surface area contributed by atoms with Crippen LogP contribution in [0.3, 0.4) is 0 Å². The number of amides is 1. The highest BCUT2D eigenvalue weighted by Crippen LogP contribution is 2.25. The fourth-order valence-corrected chi connectivity index (χ4v) is 2.87. The van der Waals surface area contributed by atoms with E-state index >= 15 is 0 Å². The number of ether oxygens (including phenoxy) is 1. The van der Waals surface area contributed by atoms with Crippen LogP contribution in [0.2, 0.25) is 0 Å². The standard InChI is InChI=1S/C18H17N3O2S/c1-3-24-18-19-15-10-5-4-9-14(15)16(21-18)20-17(22)12-7-6-8-13(11-12)23-2/h4-11H,3H2,1-2H3,(H,19,20,21,22). The van der Waals surface area contributed by atoms with Gasteiger partial charge in [-0.3, -0.25) is 4.79 Å². The monoisotopic (exact) mass is 339 g/mol. The first-order valence-corrected chi connectivity index (χ1v) is 8.55. The molecule has 1 amide bonds. The van der Waals surface area contributed by atoms with Crippen molar-refractivity contribution < 1.29 is 9.53 Å². The minimum absolute atomic E-state index is 0.231. The Labute approximate surface area is 144 Å². The molecule has 0 fully saturated rings. The van der Waals surface area contributed by atoms with E-state index in [1.165, 1.54) is 11.8 Å². The zero-order chi connectivity index (χ0) is 16.9. The molecule has 2 aromatic carbocycles. The van der Waals surface area contributed by atoms with Crippen molar-refractivity contribution in [3.8, 4) is 5.75 Å². The number of hydrogen-bond acceptors (Lipinski definition) is 5. The van der Waals surface area contributed by atoms with Gasteiger partial charge in [0.25, 0.3) is 5.91 Å². The van der Waals surface area contributed by atoms with E-state index in [2.05, 4.69) is 15.3 Å². The smallest absolute Gasteiger partial charge is 0.256 e. The first kappa shape index (κ1) is 16.3. The third-order valence-electron chi connectivity index (χ3n) is 3.42. The van der Waals surface area contributed by atoms with Gasteiger partial charge in [-0.05, 0) is 36.1 Å². The van der Waals surface area contributed by atoms with E-state index in [1.807, 2.05) is 31.2 Å². The Kier molecular flexibility index (Phi) is 4.96. The Balaban J connectivity index is 1.97. The highest BCUT2D eigenvalue weighted by atomic mass is 32.2. The summed E-state index contributed by atoms with van der Waals surface area (Å²) in [5.41, 5.74) is 1.33. The molecule has 0 aliphatic carbocycles. The minimum Gasteiger partial charge on any atom is -0.497 e. The van der Waals surface area contributed by atoms with E-state index in [0.717, 1.165) is 16.7 Å². The summed E-state index contributed by atoms with van der Waals surface area (Å²) in [5.74, 6) is 1.79. The first-order valence-electron chi connectivity index (χ1n) is 7.56. The number of para-hydroxylation sites is 1. The molecule has 0 aliphatic rings. The Morgan fingerprint density at radius 1 is 1.17 bits per heavy atom. The van der Waals surface area contributed by atoms with Gasteiger partial charge in [-0.2, -0.15) is 0 Å². The second-order valence-electron chi connectivity index (χ2n) is 4.99. The summed E-state index contributed by atoms with van der Waals surface area (Å²) in [6.45, 7) is 2.04. The van der Waals surface area contributed by atoms with Crippen molar-refractivity contribution in [2.24, 2.45) is 0 Å². The van der Waals surface area contributed by atoms with Crippen LogP contribution in [0.4, 0.5) is 5.82 Å². The van der Waals surface area contributed by atoms with Gasteiger partial charge in [0.05, 0.1) is 12.6 Å². The van der Waals surface area contributed by atoms with E-state index in [1.54, 1.807) is 31.4 Å². The van der Waals surface area contributed by atoms with E-state index in [-0.39, 0.29) is 5.91 Å². The molecular weight excluding hydrogens is 322 g/mol. The highest BCUT2D eigenvalue weighted by molar-refractivity contribution is 7.99. The number of methoxy groups -OCH3 is 1. The van der Waals surface area contributed by atoms with Crippen LogP contribution in [0.1, 0.15) is 17.3 Å². The van der Waals surface area contributed by atoms with E-state index < -0.39 is 0 Å². The van der Waals surface area contributed by atoms with E-state index in [9.17, 15) is 4.79 Å². The number of carbonyl (C=O) groups excluding carboxylic acids is 1. The van der Waals surface area contributed by atoms with Gasteiger partial charge in [-0.1, -0.05) is 36.9 Å². The van der Waals surface area contributed by atoms with Crippen molar-refractivity contribution in [3.63, 3.8) is 0 Å². The molecule has 0 atom stereocenters. The Bertz CT molecular complexity index is 883. The third kappa shape index (κ3) is 3.49. The third-order valence-corrected chi connectivity index (χ3v) is 4.15. The number of anilines is 1. The van der Waals surface area contributed by atoms with Crippen LogP contribution in [0, 0.1) is 0 Å². The largest absolute Gasteiger partial charge is 0.497 e. The second-order valence-corrected chi connectivity index (χ2v) is 6.22. The van der Waals surface area contributed by atoms with Gasteiger partial charge in [0.2, 0.25) is 0 Å². The van der Waals surface area contributed by atoms with E-state index in [4.69, 9.17) is 4.74 Å². The summed E-state index contributed by atoms with van der Waals surface area (Å²) in [5, 5.41) is 4.36. The molecule has 24 heavy (non-hydrogen) atoms. The molecule has 1 heterocycles. The average Bonchev–Trinajstić information content (AvgIpc) is 2.62. The normalized spacial score (nSPS) is 10.6. The maximum atomic E-state index is 12.6. The van der Waals surface area contributed by atoms with Gasteiger partial charge in [-0.25, -0.2) is 9.97 Å². The van der Waals surface area contributed by atoms with Crippen molar-refractivity contribution in [1.82, 2.24) is 9.97 Å². The molecule has 3 rings (SSSR count). The summed E-state index contributed by atoms with van der Waals surface area (Å²) < 4.78 is 5.17. The van der Waals surface area contributed by atoms with Crippen LogP contribution in [-0.4, -0.2) is 28.7 Å². The number of thioether (sulfide) groups is 1. The maximum Gasteiger partial charge on any atom is 0.256 e. The summed E-state index contributed by atoms with van der Waals surface area (Å²) >= 11 is 1.54. The van der Waals surface area contributed by atoms with Crippen molar-refractivity contribution in [3.05, 3.63) is 54.1 Å². The molecule has 0 spiro atoms. The lowest BCUT2D eigenvalue weighted by atomic mass is 10.2. The molecule has 0 unspecified atom stereocenters. The number of rotatable bonds is 5. The van der Waals surface area contributed by atoms with Crippen LogP contribution in [0.25, 0.3) is 10.9 Å². The van der Waals surface area contributed by atoms with Crippen LogP contribution < -0.4 is 10.1 Å². The van der Waals surface area contributed by atoms with Gasteiger partial charge in [0.1, 0.15) is 11.6 Å². The number of hydrogen-bond donors (Lipinski definition) is 1. The molecule has 5 nitrogen and oxygen atoms in total. The van der Waals surface area contributed by atoms with Crippen LogP contribution >= 0.6 is 11.8 Å². The van der Waals surface area contributed by atoms with Crippen molar-refractivity contribution >= 4 is 34.4 Å². The summed E-state index contributed by atoms with van der Waals surface area (Å²) in [6, 6.07) is 14.7. The molecule has 6 heteroatoms. The Morgan fingerprint density at radius 3 is 2.79 bits per heavy atom. The quantitative estimate of drug-likeness (QED) is 0.562.